The van der Waals surface area contributed by atoms with Crippen molar-refractivity contribution in [2.45, 2.75) is 129 Å². The topological polar surface area (TPSA) is 0 Å². The van der Waals surface area contributed by atoms with Crippen molar-refractivity contribution < 1.29 is 0 Å². The van der Waals surface area contributed by atoms with Crippen LogP contribution in [0.5, 0.6) is 0 Å². The highest BCUT2D eigenvalue weighted by atomic mass is 32.2. The van der Waals surface area contributed by atoms with E-state index < -0.39 is 0 Å². The van der Waals surface area contributed by atoms with Crippen LogP contribution in [-0.2, 0) is 0 Å². The zero-order valence-electron chi connectivity index (χ0n) is 20.7. The van der Waals surface area contributed by atoms with Gasteiger partial charge in [0.05, 0.1) is 0 Å². The molecule has 0 heterocycles. The lowest BCUT2D eigenvalue weighted by molar-refractivity contribution is 0.208. The molecule has 0 nitrogen and oxygen atoms in total. The van der Waals surface area contributed by atoms with Crippen molar-refractivity contribution in [2.24, 2.45) is 11.3 Å². The molecule has 0 unspecified atom stereocenters. The summed E-state index contributed by atoms with van der Waals surface area (Å²) in [6, 6.07) is 4.99. The molecule has 1 fully saturated rings. The number of hydrogen-bond donors (Lipinski definition) is 0. The van der Waals surface area contributed by atoms with Crippen LogP contribution in [-0.4, -0.2) is 5.75 Å². The minimum atomic E-state index is 0.506. The minimum Gasteiger partial charge on any atom is -0.126 e. The summed E-state index contributed by atoms with van der Waals surface area (Å²) in [6.07, 6.45) is 11.5. The summed E-state index contributed by atoms with van der Waals surface area (Å²) in [5, 5.41) is 0. The van der Waals surface area contributed by atoms with Gasteiger partial charge in [-0.25, -0.2) is 0 Å². The Bertz CT molecular complexity index is 588. The van der Waals surface area contributed by atoms with Gasteiger partial charge in [-0.3, -0.25) is 0 Å². The third kappa shape index (κ3) is 7.64. The second-order valence-corrected chi connectivity index (χ2v) is 12.4. The summed E-state index contributed by atoms with van der Waals surface area (Å²) in [7, 11) is 0. The maximum absolute atomic E-state index is 2.52. The molecule has 1 saturated carbocycles. The molecule has 0 spiro atoms. The molecular formula is C28H48S. The molecule has 1 aromatic rings. The molecule has 0 aromatic heterocycles. The molecule has 2 rings (SSSR count). The monoisotopic (exact) mass is 416 g/mol. The van der Waals surface area contributed by atoms with Crippen molar-refractivity contribution in [3.8, 4) is 0 Å². The third-order valence-corrected chi connectivity index (χ3v) is 8.14. The van der Waals surface area contributed by atoms with Crippen LogP contribution < -0.4 is 0 Å². The Morgan fingerprint density at radius 2 is 1.41 bits per heavy atom. The van der Waals surface area contributed by atoms with E-state index in [-0.39, 0.29) is 0 Å². The minimum absolute atomic E-state index is 0.506. The standard InChI is InChI=1S/C28H48S/c1-20(2)24-17-25(21(3)4)27(26(18-24)22(5)6)29-16-12-15-28(7,8)19-23-13-10-9-11-14-23/h17-18,20-23H,9-16,19H2,1-8H3. The largest absolute Gasteiger partial charge is 0.126 e. The van der Waals surface area contributed by atoms with Gasteiger partial charge < -0.3 is 0 Å². The molecule has 0 N–H and O–H groups in total. The van der Waals surface area contributed by atoms with Gasteiger partial charge in [0.25, 0.3) is 0 Å². The molecule has 0 aliphatic heterocycles. The second-order valence-electron chi connectivity index (χ2n) is 11.3. The molecule has 166 valence electrons. The predicted molar refractivity (Wildman–Crippen MR) is 134 cm³/mol. The summed E-state index contributed by atoms with van der Waals surface area (Å²) in [4.78, 5) is 1.59. The molecule has 0 atom stereocenters. The van der Waals surface area contributed by atoms with E-state index in [9.17, 15) is 0 Å². The first-order valence-corrected chi connectivity index (χ1v) is 13.4. The quantitative estimate of drug-likeness (QED) is 0.270. The van der Waals surface area contributed by atoms with Crippen molar-refractivity contribution in [1.29, 1.82) is 0 Å². The summed E-state index contributed by atoms with van der Waals surface area (Å²) >= 11 is 2.14. The number of rotatable bonds is 10. The fourth-order valence-electron chi connectivity index (χ4n) is 5.06. The molecule has 0 bridgehead atoms. The van der Waals surface area contributed by atoms with Crippen LogP contribution in [0.4, 0.5) is 0 Å². The van der Waals surface area contributed by atoms with Crippen molar-refractivity contribution in [3.63, 3.8) is 0 Å². The van der Waals surface area contributed by atoms with Gasteiger partial charge in [0.15, 0.2) is 0 Å². The van der Waals surface area contributed by atoms with E-state index in [0.29, 0.717) is 23.2 Å². The average molecular weight is 417 g/mol. The molecule has 1 aromatic carbocycles. The van der Waals surface area contributed by atoms with Crippen molar-refractivity contribution in [1.82, 2.24) is 0 Å². The van der Waals surface area contributed by atoms with Gasteiger partial charge in [0, 0.05) is 4.90 Å². The van der Waals surface area contributed by atoms with E-state index >= 15 is 0 Å². The summed E-state index contributed by atoms with van der Waals surface area (Å²) in [6.45, 7) is 19.1. The van der Waals surface area contributed by atoms with E-state index in [1.54, 1.807) is 16.0 Å². The number of benzene rings is 1. The maximum atomic E-state index is 2.52. The first-order chi connectivity index (χ1) is 13.6. The molecule has 0 radical (unpaired) electrons. The highest BCUT2D eigenvalue weighted by Crippen LogP contribution is 2.40. The van der Waals surface area contributed by atoms with Gasteiger partial charge in [0.1, 0.15) is 0 Å². The first kappa shape index (κ1) is 24.8. The zero-order valence-corrected chi connectivity index (χ0v) is 21.6. The van der Waals surface area contributed by atoms with Crippen LogP contribution in [0.15, 0.2) is 17.0 Å². The van der Waals surface area contributed by atoms with Crippen molar-refractivity contribution in [2.75, 3.05) is 5.75 Å². The highest BCUT2D eigenvalue weighted by Gasteiger charge is 2.24. The lowest BCUT2D eigenvalue weighted by Gasteiger charge is -2.32. The number of thioether (sulfide) groups is 1. The van der Waals surface area contributed by atoms with E-state index in [0.717, 1.165) is 5.92 Å². The molecule has 0 saturated heterocycles. The molecule has 29 heavy (non-hydrogen) atoms. The average Bonchev–Trinajstić information content (AvgIpc) is 2.64. The predicted octanol–water partition coefficient (Wildman–Crippen LogP) is 9.93. The smallest absolute Gasteiger partial charge is 0.0141 e. The number of hydrogen-bond acceptors (Lipinski definition) is 1. The Kier molecular flexibility index (Phi) is 9.65. The van der Waals surface area contributed by atoms with Gasteiger partial charge in [-0.2, -0.15) is 0 Å². The Balaban J connectivity index is 2.01. The maximum Gasteiger partial charge on any atom is 0.0141 e. The Morgan fingerprint density at radius 3 is 1.90 bits per heavy atom. The first-order valence-electron chi connectivity index (χ1n) is 12.4. The van der Waals surface area contributed by atoms with E-state index in [4.69, 9.17) is 0 Å². The molecule has 0 amide bonds. The van der Waals surface area contributed by atoms with Gasteiger partial charge in [-0.05, 0) is 70.8 Å². The lowest BCUT2D eigenvalue weighted by atomic mass is 9.74. The van der Waals surface area contributed by atoms with Crippen LogP contribution in [0, 0.1) is 11.3 Å². The molecule has 1 aliphatic rings. The summed E-state index contributed by atoms with van der Waals surface area (Å²) in [5.41, 5.74) is 5.17. The SMILES string of the molecule is CC(C)c1cc(C(C)C)c(SCCCC(C)(C)CC2CCCCC2)c(C(C)C)c1. The second kappa shape index (κ2) is 11.3. The van der Waals surface area contributed by atoms with Gasteiger partial charge in [-0.15, -0.1) is 11.8 Å². The fourth-order valence-corrected chi connectivity index (χ4v) is 6.47. The fraction of sp³-hybridized carbons (Fsp3) is 0.786. The Morgan fingerprint density at radius 1 is 0.862 bits per heavy atom. The van der Waals surface area contributed by atoms with Crippen LogP contribution in [0.25, 0.3) is 0 Å². The normalized spacial score (nSPS) is 16.4. The van der Waals surface area contributed by atoms with E-state index in [1.165, 1.54) is 62.7 Å². The van der Waals surface area contributed by atoms with Gasteiger partial charge >= 0.3 is 0 Å². The summed E-state index contributed by atoms with van der Waals surface area (Å²) < 4.78 is 0. The van der Waals surface area contributed by atoms with Crippen LogP contribution in [0.3, 0.4) is 0 Å². The van der Waals surface area contributed by atoms with Crippen LogP contribution in [0.2, 0.25) is 0 Å². The van der Waals surface area contributed by atoms with Crippen molar-refractivity contribution in [3.05, 3.63) is 28.8 Å². The molecule has 1 aliphatic carbocycles. The van der Waals surface area contributed by atoms with Crippen LogP contribution >= 0.6 is 11.8 Å². The summed E-state index contributed by atoms with van der Waals surface area (Å²) in [5.74, 6) is 4.04. The van der Waals surface area contributed by atoms with Crippen LogP contribution in [0.1, 0.15) is 141 Å². The van der Waals surface area contributed by atoms with Gasteiger partial charge in [-0.1, -0.05) is 99.6 Å². The van der Waals surface area contributed by atoms with Gasteiger partial charge in [0.2, 0.25) is 0 Å². The Labute approximate surface area is 187 Å². The van der Waals surface area contributed by atoms with E-state index in [1.807, 2.05) is 0 Å². The third-order valence-electron chi connectivity index (χ3n) is 6.89. The van der Waals surface area contributed by atoms with E-state index in [2.05, 4.69) is 79.3 Å². The Hall–Kier alpha value is -0.430. The highest BCUT2D eigenvalue weighted by molar-refractivity contribution is 7.99. The van der Waals surface area contributed by atoms with Crippen molar-refractivity contribution >= 4 is 11.8 Å². The molecule has 1 heteroatoms. The molecular weight excluding hydrogens is 368 g/mol. The lowest BCUT2D eigenvalue weighted by Crippen LogP contribution is -2.19. The zero-order chi connectivity index (χ0) is 21.6.